The molecule has 0 heterocycles. The molecule has 4 aliphatic rings. The summed E-state index contributed by atoms with van der Waals surface area (Å²) in [6, 6.07) is 0. The summed E-state index contributed by atoms with van der Waals surface area (Å²) < 4.78 is 74.4. The highest BCUT2D eigenvalue weighted by Crippen LogP contribution is 2.66. The molecule has 0 aliphatic heterocycles. The lowest BCUT2D eigenvalue weighted by molar-refractivity contribution is -0.215. The number of rotatable bonds is 7. The first kappa shape index (κ1) is 30.1. The maximum absolute atomic E-state index is 13.8. The van der Waals surface area contributed by atoms with Crippen molar-refractivity contribution in [2.45, 2.75) is 90.8 Å². The summed E-state index contributed by atoms with van der Waals surface area (Å²) in [5.41, 5.74) is -1.04. The lowest BCUT2D eigenvalue weighted by Gasteiger charge is -2.58. The number of esters is 1. The van der Waals surface area contributed by atoms with Crippen LogP contribution in [-0.2, 0) is 34.0 Å². The maximum atomic E-state index is 13.8. The second kappa shape index (κ2) is 10.2. The summed E-state index contributed by atoms with van der Waals surface area (Å²) in [6.07, 6.45) is -4.97. The van der Waals surface area contributed by atoms with Crippen LogP contribution >= 0.6 is 0 Å². The van der Waals surface area contributed by atoms with Crippen LogP contribution in [0.3, 0.4) is 0 Å². The first-order chi connectivity index (χ1) is 17.9. The number of fused-ring (bicyclic) bond motifs is 5. The van der Waals surface area contributed by atoms with Crippen molar-refractivity contribution in [3.63, 3.8) is 0 Å². The van der Waals surface area contributed by atoms with Crippen molar-refractivity contribution >= 4 is 33.4 Å². The van der Waals surface area contributed by atoms with Gasteiger partial charge in [0.2, 0.25) is 6.10 Å². The molecule has 12 heteroatoms. The Morgan fingerprint density at radius 1 is 1.10 bits per heavy atom. The highest BCUT2D eigenvalue weighted by atomic mass is 32.2. The number of Topliss-reactive ketones (excluding diaryl/α,β-unsaturated/α-hetero) is 3. The summed E-state index contributed by atoms with van der Waals surface area (Å²) in [4.78, 5) is 51.6. The van der Waals surface area contributed by atoms with Crippen LogP contribution in [-0.4, -0.2) is 54.3 Å². The zero-order valence-electron chi connectivity index (χ0n) is 22.5. The Labute approximate surface area is 226 Å². The molecule has 220 valence electrons. The zero-order valence-corrected chi connectivity index (χ0v) is 23.3. The molecule has 0 bridgehead atoms. The van der Waals surface area contributed by atoms with Crippen molar-refractivity contribution in [2.75, 3.05) is 5.75 Å². The fraction of sp³-hybridized carbons (Fsp3) is 0.852. The number of hydrogen-bond donors (Lipinski definition) is 1. The van der Waals surface area contributed by atoms with Gasteiger partial charge in [-0.25, -0.2) is 0 Å². The normalized spacial score (nSPS) is 38.4. The number of carbonyl (C=O) groups is 4. The van der Waals surface area contributed by atoms with Crippen LogP contribution in [0.15, 0.2) is 0 Å². The van der Waals surface area contributed by atoms with Crippen LogP contribution in [0.1, 0.15) is 78.6 Å². The van der Waals surface area contributed by atoms with Gasteiger partial charge in [-0.1, -0.05) is 20.8 Å². The SMILES string of the molecule is CC(CCC(=O)OC(CS(=O)(=O)O)C(F)(F)F)C1CCC2C3C(=O)CC4CC(=O)CCC4(C)[C@H]3CC(=O)C12C. The van der Waals surface area contributed by atoms with E-state index in [1.165, 1.54) is 0 Å². The van der Waals surface area contributed by atoms with Gasteiger partial charge in [0.25, 0.3) is 10.1 Å². The van der Waals surface area contributed by atoms with E-state index >= 15 is 0 Å². The molecule has 9 atom stereocenters. The van der Waals surface area contributed by atoms with Crippen LogP contribution in [0.2, 0.25) is 0 Å². The van der Waals surface area contributed by atoms with Crippen LogP contribution in [0, 0.1) is 46.3 Å². The van der Waals surface area contributed by atoms with Crippen molar-refractivity contribution in [2.24, 2.45) is 46.3 Å². The highest BCUT2D eigenvalue weighted by molar-refractivity contribution is 7.85. The topological polar surface area (TPSA) is 132 Å². The fourth-order valence-electron chi connectivity index (χ4n) is 8.54. The number of ether oxygens (including phenoxy) is 1. The third kappa shape index (κ3) is 5.56. The minimum absolute atomic E-state index is 0.0341. The molecule has 0 radical (unpaired) electrons. The Balaban J connectivity index is 1.45. The molecule has 8 unspecified atom stereocenters. The largest absolute Gasteiger partial charge is 0.451 e. The van der Waals surface area contributed by atoms with Gasteiger partial charge in [-0.3, -0.25) is 23.7 Å². The number of carbonyl (C=O) groups excluding carboxylic acids is 4. The summed E-state index contributed by atoms with van der Waals surface area (Å²) in [7, 11) is -5.03. The third-order valence-corrected chi connectivity index (χ3v) is 11.4. The Hall–Kier alpha value is -1.82. The summed E-state index contributed by atoms with van der Waals surface area (Å²) in [5, 5.41) is 0. The van der Waals surface area contributed by atoms with E-state index in [0.29, 0.717) is 38.5 Å². The first-order valence-electron chi connectivity index (χ1n) is 13.7. The quantitative estimate of drug-likeness (QED) is 0.348. The van der Waals surface area contributed by atoms with Gasteiger partial charge in [0.1, 0.15) is 23.1 Å². The van der Waals surface area contributed by atoms with E-state index in [1.54, 1.807) is 0 Å². The Morgan fingerprint density at radius 2 is 1.77 bits per heavy atom. The summed E-state index contributed by atoms with van der Waals surface area (Å²) in [6.45, 7) is 5.85. The predicted molar refractivity (Wildman–Crippen MR) is 132 cm³/mol. The first-order valence-corrected chi connectivity index (χ1v) is 15.3. The van der Waals surface area contributed by atoms with E-state index in [0.717, 1.165) is 0 Å². The van der Waals surface area contributed by atoms with Crippen molar-refractivity contribution in [3.8, 4) is 0 Å². The standard InChI is InChI=1S/C27H37F3O8S/c1-14(4-7-23(34)38-22(27(28,29)30)13-39(35,36)37)17-5-6-18-24-19(12-21(33)26(17,18)3)25(2)9-8-16(31)10-15(25)11-20(24)32/h14-15,17-19,22,24H,4-13H2,1-3H3,(H,35,36,37)/t14?,15?,17?,18?,19-,22?,24?,25?,26?/m0/s1. The lowest BCUT2D eigenvalue weighted by atomic mass is 9.44. The Bertz CT molecular complexity index is 1150. The van der Waals surface area contributed by atoms with E-state index in [4.69, 9.17) is 4.55 Å². The molecule has 39 heavy (non-hydrogen) atoms. The molecule has 0 saturated heterocycles. The molecule has 0 aromatic rings. The Morgan fingerprint density at radius 3 is 2.38 bits per heavy atom. The molecule has 4 aliphatic carbocycles. The van der Waals surface area contributed by atoms with Crippen LogP contribution in [0.4, 0.5) is 13.2 Å². The molecule has 1 N–H and O–H groups in total. The van der Waals surface area contributed by atoms with E-state index in [1.807, 2.05) is 13.8 Å². The minimum Gasteiger partial charge on any atom is -0.451 e. The average Bonchev–Trinajstić information content (AvgIpc) is 3.16. The third-order valence-electron chi connectivity index (χ3n) is 10.7. The van der Waals surface area contributed by atoms with Crippen molar-refractivity contribution in [1.29, 1.82) is 0 Å². The molecular weight excluding hydrogens is 541 g/mol. The molecular formula is C27H37F3O8S. The van der Waals surface area contributed by atoms with Gasteiger partial charge >= 0.3 is 12.1 Å². The molecule has 0 aromatic heterocycles. The number of hydrogen-bond acceptors (Lipinski definition) is 7. The maximum Gasteiger partial charge on any atom is 0.426 e. The molecule has 0 amide bonds. The van der Waals surface area contributed by atoms with Gasteiger partial charge in [0, 0.05) is 43.4 Å². The molecule has 0 aromatic carbocycles. The van der Waals surface area contributed by atoms with Crippen molar-refractivity contribution in [1.82, 2.24) is 0 Å². The molecule has 8 nitrogen and oxygen atoms in total. The van der Waals surface area contributed by atoms with Crippen molar-refractivity contribution in [3.05, 3.63) is 0 Å². The predicted octanol–water partition coefficient (Wildman–Crippen LogP) is 4.35. The molecule has 4 rings (SSSR count). The van der Waals surface area contributed by atoms with Gasteiger partial charge < -0.3 is 4.74 Å². The smallest absolute Gasteiger partial charge is 0.426 e. The van der Waals surface area contributed by atoms with Gasteiger partial charge in [-0.15, -0.1) is 0 Å². The summed E-state index contributed by atoms with van der Waals surface area (Å²) >= 11 is 0. The second-order valence-corrected chi connectivity index (χ2v) is 14.2. The van der Waals surface area contributed by atoms with E-state index in [2.05, 4.69) is 11.7 Å². The van der Waals surface area contributed by atoms with Gasteiger partial charge in [-0.05, 0) is 60.7 Å². The van der Waals surface area contributed by atoms with Crippen LogP contribution in [0.25, 0.3) is 0 Å². The average molecular weight is 579 g/mol. The van der Waals surface area contributed by atoms with Gasteiger partial charge in [-0.2, -0.15) is 21.6 Å². The Kier molecular flexibility index (Phi) is 7.90. The van der Waals surface area contributed by atoms with E-state index in [-0.39, 0.29) is 71.1 Å². The highest BCUT2D eigenvalue weighted by Gasteiger charge is 2.66. The lowest BCUT2D eigenvalue weighted by Crippen LogP contribution is -2.60. The zero-order chi connectivity index (χ0) is 29.1. The van der Waals surface area contributed by atoms with E-state index in [9.17, 15) is 40.8 Å². The number of halogens is 3. The minimum atomic E-state index is -5.16. The van der Waals surface area contributed by atoms with Crippen LogP contribution in [0.5, 0.6) is 0 Å². The molecule has 4 saturated carbocycles. The number of ketones is 3. The van der Waals surface area contributed by atoms with Crippen molar-refractivity contribution < 1.29 is 50.1 Å². The fourth-order valence-corrected chi connectivity index (χ4v) is 9.18. The van der Waals surface area contributed by atoms with Crippen LogP contribution < -0.4 is 0 Å². The molecule has 0 spiro atoms. The monoisotopic (exact) mass is 578 g/mol. The van der Waals surface area contributed by atoms with Gasteiger partial charge in [0.05, 0.1) is 0 Å². The summed E-state index contributed by atoms with van der Waals surface area (Å²) in [5.74, 6) is -3.63. The van der Waals surface area contributed by atoms with Gasteiger partial charge in [0.15, 0.2) is 0 Å². The second-order valence-electron chi connectivity index (χ2n) is 12.7. The number of alkyl halides is 3. The van der Waals surface area contributed by atoms with E-state index < -0.39 is 46.0 Å². The molecule has 4 fully saturated rings.